The number of nitrogens with zero attached hydrogens (tertiary/aromatic N) is 1. The number of amides is 2. The van der Waals surface area contributed by atoms with Crippen molar-refractivity contribution in [3.8, 4) is 0 Å². The molecule has 2 amide bonds. The van der Waals surface area contributed by atoms with Crippen LogP contribution in [0.25, 0.3) is 0 Å². The van der Waals surface area contributed by atoms with Crippen LogP contribution >= 0.6 is 23.4 Å². The fraction of sp³-hybridized carbons (Fsp3) is 0.333. The summed E-state index contributed by atoms with van der Waals surface area (Å²) in [5.41, 5.74) is 4.15. The van der Waals surface area contributed by atoms with Crippen LogP contribution in [0.2, 0.25) is 5.02 Å². The van der Waals surface area contributed by atoms with Crippen molar-refractivity contribution in [2.75, 3.05) is 5.75 Å². The summed E-state index contributed by atoms with van der Waals surface area (Å²) in [5.74, 6) is 0.715. The standard InChI is InChI=1S/C30H35ClN2O2S/c1-4-23(3)32-30(35)28(18-24-13-6-5-7-14-24)33(19-25-15-9-8-12-22(25)2)29(34)21-36-20-26-16-10-11-17-27(26)31/h5-17,23,28H,4,18-21H2,1-3H3,(H,32,35)/t23-,28+/m0/s1. The van der Waals surface area contributed by atoms with Crippen LogP contribution < -0.4 is 5.32 Å². The van der Waals surface area contributed by atoms with Crippen LogP contribution in [0.5, 0.6) is 0 Å². The molecule has 0 aliphatic rings. The molecular weight excluding hydrogens is 488 g/mol. The van der Waals surface area contributed by atoms with E-state index in [0.29, 0.717) is 23.7 Å². The lowest BCUT2D eigenvalue weighted by Gasteiger charge is -2.32. The first-order valence-electron chi connectivity index (χ1n) is 12.4. The van der Waals surface area contributed by atoms with Crippen molar-refractivity contribution in [3.05, 3.63) is 106 Å². The Bertz CT molecular complexity index is 1140. The monoisotopic (exact) mass is 522 g/mol. The first-order valence-corrected chi connectivity index (χ1v) is 13.9. The Morgan fingerprint density at radius 1 is 0.944 bits per heavy atom. The van der Waals surface area contributed by atoms with Gasteiger partial charge >= 0.3 is 0 Å². The van der Waals surface area contributed by atoms with Crippen molar-refractivity contribution in [2.24, 2.45) is 0 Å². The quantitative estimate of drug-likeness (QED) is 0.298. The molecule has 0 heterocycles. The van der Waals surface area contributed by atoms with Gasteiger partial charge < -0.3 is 10.2 Å². The van der Waals surface area contributed by atoms with Crippen molar-refractivity contribution >= 4 is 35.2 Å². The first-order chi connectivity index (χ1) is 17.4. The van der Waals surface area contributed by atoms with E-state index in [1.54, 1.807) is 4.90 Å². The number of nitrogens with one attached hydrogen (secondary N) is 1. The van der Waals surface area contributed by atoms with E-state index in [1.807, 2.05) is 99.6 Å². The van der Waals surface area contributed by atoms with Crippen LogP contribution in [0.3, 0.4) is 0 Å². The summed E-state index contributed by atoms with van der Waals surface area (Å²) in [6, 6.07) is 25.0. The Hall–Kier alpha value is -2.76. The van der Waals surface area contributed by atoms with Gasteiger partial charge in [0.05, 0.1) is 5.75 Å². The van der Waals surface area contributed by atoms with Gasteiger partial charge in [-0.15, -0.1) is 11.8 Å². The molecular formula is C30H35ClN2O2S. The molecule has 3 rings (SSSR count). The molecule has 0 saturated heterocycles. The van der Waals surface area contributed by atoms with E-state index in [-0.39, 0.29) is 23.6 Å². The largest absolute Gasteiger partial charge is 0.352 e. The van der Waals surface area contributed by atoms with Gasteiger partial charge in [-0.2, -0.15) is 0 Å². The molecule has 3 aromatic carbocycles. The molecule has 1 N–H and O–H groups in total. The molecule has 0 saturated carbocycles. The van der Waals surface area contributed by atoms with E-state index in [0.717, 1.165) is 28.7 Å². The second-order valence-electron chi connectivity index (χ2n) is 9.06. The van der Waals surface area contributed by atoms with Gasteiger partial charge in [-0.1, -0.05) is 91.3 Å². The molecule has 0 unspecified atom stereocenters. The number of thioether (sulfide) groups is 1. The normalized spacial score (nSPS) is 12.6. The van der Waals surface area contributed by atoms with Crippen LogP contribution in [-0.4, -0.2) is 34.6 Å². The van der Waals surface area contributed by atoms with Gasteiger partial charge in [0.15, 0.2) is 0 Å². The van der Waals surface area contributed by atoms with E-state index < -0.39 is 6.04 Å². The Kier molecular flexibility index (Phi) is 10.9. The van der Waals surface area contributed by atoms with Gasteiger partial charge in [0.25, 0.3) is 0 Å². The van der Waals surface area contributed by atoms with E-state index in [9.17, 15) is 9.59 Å². The maximum absolute atomic E-state index is 13.7. The summed E-state index contributed by atoms with van der Waals surface area (Å²) in [6.07, 6.45) is 1.28. The van der Waals surface area contributed by atoms with Gasteiger partial charge in [0.2, 0.25) is 11.8 Å². The van der Waals surface area contributed by atoms with E-state index in [2.05, 4.69) is 5.32 Å². The highest BCUT2D eigenvalue weighted by molar-refractivity contribution is 7.99. The number of carbonyl (C=O) groups excluding carboxylic acids is 2. The average Bonchev–Trinajstić information content (AvgIpc) is 2.88. The van der Waals surface area contributed by atoms with Crippen LogP contribution in [-0.2, 0) is 28.3 Å². The van der Waals surface area contributed by atoms with Gasteiger partial charge in [-0.05, 0) is 48.6 Å². The van der Waals surface area contributed by atoms with Crippen LogP contribution in [0.15, 0.2) is 78.9 Å². The molecule has 0 radical (unpaired) electrons. The number of benzene rings is 3. The zero-order valence-electron chi connectivity index (χ0n) is 21.2. The molecule has 2 atom stereocenters. The summed E-state index contributed by atoms with van der Waals surface area (Å²) < 4.78 is 0. The Balaban J connectivity index is 1.87. The Labute approximate surface area is 224 Å². The third-order valence-electron chi connectivity index (χ3n) is 6.32. The number of hydrogen-bond acceptors (Lipinski definition) is 3. The lowest BCUT2D eigenvalue weighted by molar-refractivity contribution is -0.139. The van der Waals surface area contributed by atoms with E-state index >= 15 is 0 Å². The second-order valence-corrected chi connectivity index (χ2v) is 10.4. The van der Waals surface area contributed by atoms with Crippen molar-refractivity contribution in [2.45, 2.75) is 58.0 Å². The summed E-state index contributed by atoms with van der Waals surface area (Å²) in [7, 11) is 0. The number of hydrogen-bond donors (Lipinski definition) is 1. The fourth-order valence-electron chi connectivity index (χ4n) is 3.91. The minimum absolute atomic E-state index is 0.0285. The smallest absolute Gasteiger partial charge is 0.243 e. The first kappa shape index (κ1) is 27.8. The van der Waals surface area contributed by atoms with Crippen molar-refractivity contribution in [3.63, 3.8) is 0 Å². The predicted octanol–water partition coefficient (Wildman–Crippen LogP) is 6.44. The lowest BCUT2D eigenvalue weighted by Crippen LogP contribution is -2.52. The minimum Gasteiger partial charge on any atom is -0.352 e. The maximum atomic E-state index is 13.7. The fourth-order valence-corrected chi connectivity index (χ4v) is 5.11. The number of rotatable bonds is 12. The van der Waals surface area contributed by atoms with Crippen molar-refractivity contribution < 1.29 is 9.59 Å². The third-order valence-corrected chi connectivity index (χ3v) is 7.65. The molecule has 0 aliphatic carbocycles. The molecule has 6 heteroatoms. The topological polar surface area (TPSA) is 49.4 Å². The summed E-state index contributed by atoms with van der Waals surface area (Å²) in [5, 5.41) is 3.82. The highest BCUT2D eigenvalue weighted by atomic mass is 35.5. The second kappa shape index (κ2) is 14.1. The average molecular weight is 523 g/mol. The molecule has 0 fully saturated rings. The van der Waals surface area contributed by atoms with E-state index in [1.165, 1.54) is 11.8 Å². The third kappa shape index (κ3) is 8.14. The lowest BCUT2D eigenvalue weighted by atomic mass is 10.0. The van der Waals surface area contributed by atoms with E-state index in [4.69, 9.17) is 11.6 Å². The van der Waals surface area contributed by atoms with Crippen LogP contribution in [0.1, 0.15) is 42.5 Å². The molecule has 4 nitrogen and oxygen atoms in total. The summed E-state index contributed by atoms with van der Waals surface area (Å²) in [4.78, 5) is 29.0. The molecule has 0 bridgehead atoms. The maximum Gasteiger partial charge on any atom is 0.243 e. The predicted molar refractivity (Wildman–Crippen MR) is 151 cm³/mol. The SMILES string of the molecule is CC[C@H](C)NC(=O)[C@@H](Cc1ccccc1)N(Cc1ccccc1C)C(=O)CSCc1ccccc1Cl. The minimum atomic E-state index is -0.616. The number of carbonyl (C=O) groups is 2. The number of aryl methyl sites for hydroxylation is 1. The molecule has 190 valence electrons. The molecule has 3 aromatic rings. The summed E-state index contributed by atoms with van der Waals surface area (Å²) in [6.45, 7) is 6.45. The molecule has 0 aliphatic heterocycles. The zero-order chi connectivity index (χ0) is 25.9. The highest BCUT2D eigenvalue weighted by Gasteiger charge is 2.31. The number of halogens is 1. The molecule has 36 heavy (non-hydrogen) atoms. The molecule has 0 aromatic heterocycles. The Morgan fingerprint density at radius 2 is 1.58 bits per heavy atom. The van der Waals surface area contributed by atoms with Gasteiger partial charge in [0.1, 0.15) is 6.04 Å². The zero-order valence-corrected chi connectivity index (χ0v) is 22.8. The van der Waals surface area contributed by atoms with Gasteiger partial charge in [-0.3, -0.25) is 9.59 Å². The van der Waals surface area contributed by atoms with Gasteiger partial charge in [0, 0.05) is 29.8 Å². The van der Waals surface area contributed by atoms with Gasteiger partial charge in [-0.25, -0.2) is 0 Å². The van der Waals surface area contributed by atoms with Crippen molar-refractivity contribution in [1.29, 1.82) is 0 Å². The Morgan fingerprint density at radius 3 is 2.25 bits per heavy atom. The van der Waals surface area contributed by atoms with Crippen molar-refractivity contribution in [1.82, 2.24) is 10.2 Å². The van der Waals surface area contributed by atoms with Crippen LogP contribution in [0, 0.1) is 6.92 Å². The highest BCUT2D eigenvalue weighted by Crippen LogP contribution is 2.23. The molecule has 0 spiro atoms. The van der Waals surface area contributed by atoms with Crippen LogP contribution in [0.4, 0.5) is 0 Å². The summed E-state index contributed by atoms with van der Waals surface area (Å²) >= 11 is 7.83.